The molecule has 1 atom stereocenters. The van der Waals surface area contributed by atoms with Crippen LogP contribution in [0.25, 0.3) is 0 Å². The maximum absolute atomic E-state index is 4.27. The van der Waals surface area contributed by atoms with Gasteiger partial charge in [0.1, 0.15) is 0 Å². The quantitative estimate of drug-likeness (QED) is 0.500. The lowest BCUT2D eigenvalue weighted by Gasteiger charge is -2.34. The highest BCUT2D eigenvalue weighted by Crippen LogP contribution is 2.26. The van der Waals surface area contributed by atoms with Gasteiger partial charge < -0.3 is 0 Å². The molecule has 0 saturated carbocycles. The average Bonchev–Trinajstić information content (AvgIpc) is 2.26. The fourth-order valence-corrected chi connectivity index (χ4v) is 2.24. The molecule has 1 rings (SSSR count). The fourth-order valence-electron chi connectivity index (χ4n) is 1.94. The summed E-state index contributed by atoms with van der Waals surface area (Å²) in [6.45, 7) is 11.5. The van der Waals surface area contributed by atoms with Crippen LogP contribution in [0.3, 0.4) is 0 Å². The van der Waals surface area contributed by atoms with Crippen LogP contribution in [0.4, 0.5) is 0 Å². The minimum Gasteiger partial charge on any atom is -0.299 e. The van der Waals surface area contributed by atoms with Gasteiger partial charge in [-0.05, 0) is 46.7 Å². The van der Waals surface area contributed by atoms with Crippen molar-refractivity contribution in [2.45, 2.75) is 51.4 Å². The van der Waals surface area contributed by atoms with Gasteiger partial charge in [-0.15, -0.1) is 0 Å². The first-order valence-corrected chi connectivity index (χ1v) is 5.78. The predicted octanol–water partition coefficient (Wildman–Crippen LogP) is 2.61. The summed E-state index contributed by atoms with van der Waals surface area (Å²) < 4.78 is 0. The van der Waals surface area contributed by atoms with E-state index in [0.717, 1.165) is 5.82 Å². The first-order valence-electron chi connectivity index (χ1n) is 5.26. The maximum Gasteiger partial charge on any atom is 0.190 e. The molecule has 0 aromatic carbocycles. The van der Waals surface area contributed by atoms with E-state index in [0.29, 0.717) is 5.54 Å². The molecule has 1 saturated heterocycles. The van der Waals surface area contributed by atoms with Crippen molar-refractivity contribution in [3.8, 4) is 0 Å². The largest absolute Gasteiger partial charge is 0.299 e. The fraction of sp³-hybridized carbons (Fsp3) is 1.00. The van der Waals surface area contributed by atoms with Gasteiger partial charge in [-0.3, -0.25) is 4.90 Å². The number of hydrogen-bond donors (Lipinski definition) is 1. The van der Waals surface area contributed by atoms with Crippen molar-refractivity contribution in [3.63, 3.8) is 0 Å². The monoisotopic (exact) mass is 198 g/mol. The molecule has 1 radical (unpaired) electrons. The summed E-state index contributed by atoms with van der Waals surface area (Å²) in [5.41, 5.74) is 0.339. The molecule has 0 amide bonds. The Balaban J connectivity index is 2.45. The molecule has 1 heterocycles. The molecule has 1 aliphatic heterocycles. The number of rotatable bonds is 1. The highest BCUT2D eigenvalue weighted by Gasteiger charge is 2.24. The Bertz CT molecular complexity index is 155. The van der Waals surface area contributed by atoms with Crippen LogP contribution in [-0.4, -0.2) is 30.1 Å². The molecule has 75 valence electrons. The Morgan fingerprint density at radius 3 is 2.46 bits per heavy atom. The topological polar surface area (TPSA) is 3.24 Å². The lowest BCUT2D eigenvalue weighted by molar-refractivity contribution is 0.142. The minimum atomic E-state index is 0.339. The van der Waals surface area contributed by atoms with E-state index in [1.807, 2.05) is 0 Å². The summed E-state index contributed by atoms with van der Waals surface area (Å²) >= 11 is 4.27. The second kappa shape index (κ2) is 4.74. The van der Waals surface area contributed by atoms with Gasteiger partial charge in [-0.2, -0.15) is 0 Å². The Kier molecular flexibility index (Phi) is 4.18. The van der Waals surface area contributed by atoms with Crippen LogP contribution in [0.1, 0.15) is 40.0 Å². The van der Waals surface area contributed by atoms with Gasteiger partial charge in [0, 0.05) is 5.54 Å². The second-order valence-corrected chi connectivity index (χ2v) is 5.30. The average molecular weight is 198 g/mol. The van der Waals surface area contributed by atoms with Crippen LogP contribution in [0.15, 0.2) is 0 Å². The van der Waals surface area contributed by atoms with E-state index in [4.69, 9.17) is 0 Å². The number of thiol groups is 1. The van der Waals surface area contributed by atoms with E-state index in [-0.39, 0.29) is 0 Å². The van der Waals surface area contributed by atoms with Crippen molar-refractivity contribution in [3.05, 3.63) is 0 Å². The van der Waals surface area contributed by atoms with E-state index in [1.165, 1.54) is 32.4 Å². The van der Waals surface area contributed by atoms with Crippen molar-refractivity contribution in [2.75, 3.05) is 13.1 Å². The van der Waals surface area contributed by atoms with Gasteiger partial charge in [-0.25, -0.2) is 12.5 Å². The highest BCUT2D eigenvalue weighted by atomic mass is 32.1. The molecule has 3 heteroatoms. The van der Waals surface area contributed by atoms with Crippen molar-refractivity contribution < 1.29 is 0 Å². The molecule has 1 fully saturated rings. The van der Waals surface area contributed by atoms with E-state index in [9.17, 15) is 0 Å². The summed E-state index contributed by atoms with van der Waals surface area (Å²) in [6, 6.07) is 0. The molecule has 0 bridgehead atoms. The van der Waals surface area contributed by atoms with Crippen molar-refractivity contribution in [1.29, 1.82) is 0 Å². The maximum atomic E-state index is 4.27. The Hall–Kier alpha value is 0.375. The van der Waals surface area contributed by atoms with E-state index < -0.39 is 0 Å². The van der Waals surface area contributed by atoms with Gasteiger partial charge >= 0.3 is 0 Å². The number of likely N-dealkylation sites (tertiary alicyclic amines) is 1. The molecule has 13 heavy (non-hydrogen) atoms. The Morgan fingerprint density at radius 2 is 1.92 bits per heavy atom. The predicted molar refractivity (Wildman–Crippen MR) is 63.7 cm³/mol. The van der Waals surface area contributed by atoms with Crippen LogP contribution < -0.4 is 0 Å². The summed E-state index contributed by atoms with van der Waals surface area (Å²) in [6.07, 6.45) is 3.91. The van der Waals surface area contributed by atoms with E-state index in [1.54, 1.807) is 0 Å². The first kappa shape index (κ1) is 11.4. The highest BCUT2D eigenvalue weighted by molar-refractivity contribution is 8.07. The van der Waals surface area contributed by atoms with Crippen molar-refractivity contribution in [1.82, 2.24) is 4.90 Å². The standard InChI is InChI=1S/C10H21BNS/c1-10(2,3)12-7-4-5-9(11-13)6-8-12/h9,13H,4-8H2,1-3H3. The van der Waals surface area contributed by atoms with Crippen LogP contribution in [0.2, 0.25) is 5.82 Å². The molecule has 0 aromatic rings. The molecule has 1 nitrogen and oxygen atoms in total. The van der Waals surface area contributed by atoms with Crippen molar-refractivity contribution >= 4 is 19.0 Å². The first-order chi connectivity index (χ1) is 6.04. The third kappa shape index (κ3) is 3.55. The zero-order valence-electron chi connectivity index (χ0n) is 9.08. The van der Waals surface area contributed by atoms with E-state index >= 15 is 0 Å². The van der Waals surface area contributed by atoms with Gasteiger partial charge in [-0.1, -0.05) is 12.2 Å². The Morgan fingerprint density at radius 1 is 1.23 bits per heavy atom. The molecular formula is C10H21BNS. The molecule has 0 aliphatic carbocycles. The number of nitrogens with zero attached hydrogens (tertiary/aromatic N) is 1. The van der Waals surface area contributed by atoms with Crippen LogP contribution in [0, 0.1) is 0 Å². The summed E-state index contributed by atoms with van der Waals surface area (Å²) in [5, 5.41) is 0. The Labute approximate surface area is 88.8 Å². The van der Waals surface area contributed by atoms with Crippen LogP contribution in [0.5, 0.6) is 0 Å². The summed E-state index contributed by atoms with van der Waals surface area (Å²) in [7, 11) is 0. The normalized spacial score (nSPS) is 26.9. The third-order valence-electron chi connectivity index (χ3n) is 2.93. The van der Waals surface area contributed by atoms with E-state index in [2.05, 4.69) is 44.7 Å². The summed E-state index contributed by atoms with van der Waals surface area (Å²) in [4.78, 5) is 2.59. The zero-order valence-corrected chi connectivity index (χ0v) is 9.98. The smallest absolute Gasteiger partial charge is 0.190 e. The molecule has 0 N–H and O–H groups in total. The van der Waals surface area contributed by atoms with Gasteiger partial charge in [0.25, 0.3) is 0 Å². The van der Waals surface area contributed by atoms with Gasteiger partial charge in [0.05, 0.1) is 0 Å². The minimum absolute atomic E-state index is 0.339. The third-order valence-corrected chi connectivity index (χ3v) is 3.35. The molecule has 0 spiro atoms. The molecule has 0 aromatic heterocycles. The molecule has 1 unspecified atom stereocenters. The zero-order chi connectivity index (χ0) is 9.90. The second-order valence-electron chi connectivity index (χ2n) is 5.00. The summed E-state index contributed by atoms with van der Waals surface area (Å²) in [5.74, 6) is 0.732. The van der Waals surface area contributed by atoms with Gasteiger partial charge in [0.15, 0.2) is 6.56 Å². The molecular weight excluding hydrogens is 177 g/mol. The lowest BCUT2D eigenvalue weighted by Crippen LogP contribution is -2.41. The SMILES string of the molecule is CC(C)(C)N1CCCC([B]S)CC1. The van der Waals surface area contributed by atoms with Crippen LogP contribution in [-0.2, 0) is 0 Å². The van der Waals surface area contributed by atoms with Crippen molar-refractivity contribution in [2.24, 2.45) is 0 Å². The van der Waals surface area contributed by atoms with Crippen LogP contribution >= 0.6 is 12.5 Å². The number of hydrogen-bond acceptors (Lipinski definition) is 2. The lowest BCUT2D eigenvalue weighted by atomic mass is 9.80. The van der Waals surface area contributed by atoms with Gasteiger partial charge in [0.2, 0.25) is 0 Å². The molecule has 1 aliphatic rings.